The number of rotatable bonds is 9. The summed E-state index contributed by atoms with van der Waals surface area (Å²) in [6, 6.07) is 3.71. The van der Waals surface area contributed by atoms with E-state index >= 15 is 0 Å². The van der Waals surface area contributed by atoms with Gasteiger partial charge in [-0.25, -0.2) is 5.84 Å². The normalized spacial score (nSPS) is 12.4. The van der Waals surface area contributed by atoms with Crippen LogP contribution < -0.4 is 16.9 Å². The first-order valence-electron chi connectivity index (χ1n) is 8.40. The Kier molecular flexibility index (Phi) is 9.01. The summed E-state index contributed by atoms with van der Waals surface area (Å²) in [5.41, 5.74) is 9.48. The van der Waals surface area contributed by atoms with Gasteiger partial charge in [-0.3, -0.25) is 9.78 Å². The first kappa shape index (κ1) is 21.9. The lowest BCUT2D eigenvalue weighted by atomic mass is 10.1. The number of carbonyl (C=O) groups is 1. The lowest BCUT2D eigenvalue weighted by molar-refractivity contribution is -0.117. The molecule has 0 aliphatic heterocycles. The lowest BCUT2D eigenvalue weighted by Crippen LogP contribution is -2.32. The molecule has 0 atom stereocenters. The number of hydrazine groups is 1. The number of pyridine rings is 1. The maximum absolute atomic E-state index is 12.2. The van der Waals surface area contributed by atoms with Crippen molar-refractivity contribution in [3.05, 3.63) is 45.3 Å². The third-order valence-electron chi connectivity index (χ3n) is 3.78. The van der Waals surface area contributed by atoms with E-state index in [1.54, 1.807) is 7.05 Å². The van der Waals surface area contributed by atoms with Crippen molar-refractivity contribution in [2.45, 2.75) is 33.1 Å². The van der Waals surface area contributed by atoms with E-state index in [1.165, 1.54) is 11.1 Å². The van der Waals surface area contributed by atoms with E-state index in [4.69, 9.17) is 17.0 Å². The topological polar surface area (TPSA) is 121 Å². The third kappa shape index (κ3) is 6.27. The Morgan fingerprint density at radius 1 is 1.42 bits per heavy atom. The van der Waals surface area contributed by atoms with Crippen LogP contribution in [0.2, 0.25) is 0 Å². The van der Waals surface area contributed by atoms with Gasteiger partial charge in [-0.2, -0.15) is 0 Å². The van der Waals surface area contributed by atoms with Crippen LogP contribution in [0.4, 0.5) is 0 Å². The molecule has 0 aromatic carbocycles. The highest BCUT2D eigenvalue weighted by molar-refractivity contribution is 9.10. The number of nitrogens with one attached hydrogen (secondary N) is 2. The standard InChI is InChI=1S/C18H27BrN6O/c1-4-5-13(8-10-20)18(26)23-11-9-16(25(3)22)17(21)15-7-6-14(19)12(2)24-15/h6-8,10,20H,4-5,9,11,21-22H2,1-3H3,(H,23,26)/b13-8-,17-16-,20-10?. The highest BCUT2D eigenvalue weighted by Crippen LogP contribution is 2.20. The molecule has 0 aliphatic carbocycles. The second-order valence-electron chi connectivity index (χ2n) is 5.85. The zero-order valence-corrected chi connectivity index (χ0v) is 17.1. The molecule has 0 bridgehead atoms. The van der Waals surface area contributed by atoms with Gasteiger partial charge < -0.3 is 21.5 Å². The van der Waals surface area contributed by atoms with Crippen LogP contribution in [0.25, 0.3) is 5.70 Å². The fraction of sp³-hybridized carbons (Fsp3) is 0.389. The number of aryl methyl sites for hydroxylation is 1. The highest BCUT2D eigenvalue weighted by Gasteiger charge is 2.13. The van der Waals surface area contributed by atoms with Gasteiger partial charge in [0, 0.05) is 36.3 Å². The van der Waals surface area contributed by atoms with E-state index in [9.17, 15) is 4.79 Å². The molecule has 1 aromatic rings. The predicted molar refractivity (Wildman–Crippen MR) is 109 cm³/mol. The zero-order valence-electron chi connectivity index (χ0n) is 15.5. The average Bonchev–Trinajstić information content (AvgIpc) is 2.59. The van der Waals surface area contributed by atoms with Crippen LogP contribution in [-0.2, 0) is 4.79 Å². The van der Waals surface area contributed by atoms with Gasteiger partial charge in [0.15, 0.2) is 0 Å². The predicted octanol–water partition coefficient (Wildman–Crippen LogP) is 2.47. The van der Waals surface area contributed by atoms with E-state index in [0.717, 1.165) is 22.8 Å². The summed E-state index contributed by atoms with van der Waals surface area (Å²) in [4.78, 5) is 16.7. The quantitative estimate of drug-likeness (QED) is 0.210. The Hall–Kier alpha value is -2.19. The van der Waals surface area contributed by atoms with Crippen molar-refractivity contribution in [1.82, 2.24) is 15.3 Å². The number of carbonyl (C=O) groups excluding carboxylic acids is 1. The van der Waals surface area contributed by atoms with Gasteiger partial charge in [0.05, 0.1) is 22.8 Å². The molecular weight excluding hydrogens is 396 g/mol. The summed E-state index contributed by atoms with van der Waals surface area (Å²) in [7, 11) is 1.70. The average molecular weight is 423 g/mol. The summed E-state index contributed by atoms with van der Waals surface area (Å²) in [6.07, 6.45) is 4.58. The lowest BCUT2D eigenvalue weighted by Gasteiger charge is -2.20. The van der Waals surface area contributed by atoms with Gasteiger partial charge in [0.1, 0.15) is 0 Å². The van der Waals surface area contributed by atoms with E-state index in [0.29, 0.717) is 42.0 Å². The van der Waals surface area contributed by atoms with Gasteiger partial charge in [0.25, 0.3) is 0 Å². The van der Waals surface area contributed by atoms with Crippen molar-refractivity contribution < 1.29 is 4.79 Å². The summed E-state index contributed by atoms with van der Waals surface area (Å²) in [6.45, 7) is 4.26. The summed E-state index contributed by atoms with van der Waals surface area (Å²) >= 11 is 3.42. The minimum absolute atomic E-state index is 0.175. The van der Waals surface area contributed by atoms with Crippen LogP contribution in [0.3, 0.4) is 0 Å². The van der Waals surface area contributed by atoms with Crippen molar-refractivity contribution in [2.75, 3.05) is 13.6 Å². The first-order chi connectivity index (χ1) is 12.3. The molecule has 7 nitrogen and oxygen atoms in total. The molecule has 26 heavy (non-hydrogen) atoms. The fourth-order valence-corrected chi connectivity index (χ4v) is 2.61. The number of allylic oxidation sites excluding steroid dienone is 1. The monoisotopic (exact) mass is 422 g/mol. The molecule has 6 N–H and O–H groups in total. The fourth-order valence-electron chi connectivity index (χ4n) is 2.39. The number of hydrogen-bond donors (Lipinski definition) is 4. The van der Waals surface area contributed by atoms with Gasteiger partial charge >= 0.3 is 0 Å². The van der Waals surface area contributed by atoms with Crippen molar-refractivity contribution >= 4 is 33.7 Å². The molecule has 0 saturated carbocycles. The van der Waals surface area contributed by atoms with Crippen molar-refractivity contribution in [2.24, 2.45) is 11.6 Å². The molecule has 1 heterocycles. The number of nitrogens with zero attached hydrogens (tertiary/aromatic N) is 2. The molecule has 1 aromatic heterocycles. The number of hydrogen-bond acceptors (Lipinski definition) is 6. The van der Waals surface area contributed by atoms with Gasteiger partial charge in [0.2, 0.25) is 5.91 Å². The van der Waals surface area contributed by atoms with Crippen LogP contribution in [0.5, 0.6) is 0 Å². The van der Waals surface area contributed by atoms with Crippen molar-refractivity contribution in [3.8, 4) is 0 Å². The zero-order chi connectivity index (χ0) is 19.7. The molecule has 0 saturated heterocycles. The Morgan fingerprint density at radius 3 is 2.65 bits per heavy atom. The van der Waals surface area contributed by atoms with Crippen LogP contribution in [0.15, 0.2) is 34.0 Å². The molecule has 0 aliphatic rings. The molecule has 0 fully saturated rings. The van der Waals surface area contributed by atoms with Gasteiger partial charge in [-0.15, -0.1) is 0 Å². The Morgan fingerprint density at radius 2 is 2.12 bits per heavy atom. The molecule has 8 heteroatoms. The SMILES string of the molecule is CCC/C(=C/C=N)C(=O)NCC/C(=C(/N)c1ccc(Br)c(C)n1)N(C)N. The molecule has 142 valence electrons. The molecule has 0 unspecified atom stereocenters. The van der Waals surface area contributed by atoms with Crippen LogP contribution in [-0.4, -0.2) is 35.7 Å². The van der Waals surface area contributed by atoms with E-state index in [1.807, 2.05) is 26.0 Å². The molecule has 0 spiro atoms. The van der Waals surface area contributed by atoms with Crippen molar-refractivity contribution in [3.63, 3.8) is 0 Å². The van der Waals surface area contributed by atoms with Crippen LogP contribution in [0.1, 0.15) is 37.6 Å². The second-order valence-corrected chi connectivity index (χ2v) is 6.70. The second kappa shape index (κ2) is 10.7. The van der Waals surface area contributed by atoms with E-state index in [2.05, 4.69) is 26.2 Å². The Bertz CT molecular complexity index is 712. The maximum atomic E-state index is 12.2. The molecule has 1 rings (SSSR count). The number of aromatic nitrogens is 1. The minimum atomic E-state index is -0.175. The number of halogens is 1. The number of nitrogens with two attached hydrogens (primary N) is 2. The van der Waals surface area contributed by atoms with E-state index in [-0.39, 0.29) is 5.91 Å². The molecule has 0 radical (unpaired) electrons. The Balaban J connectivity index is 2.88. The number of amides is 1. The summed E-state index contributed by atoms with van der Waals surface area (Å²) in [5.74, 6) is 5.74. The third-order valence-corrected chi connectivity index (χ3v) is 4.61. The van der Waals surface area contributed by atoms with E-state index < -0.39 is 0 Å². The first-order valence-corrected chi connectivity index (χ1v) is 9.19. The largest absolute Gasteiger partial charge is 0.396 e. The molecular formula is C18H27BrN6O. The maximum Gasteiger partial charge on any atom is 0.247 e. The minimum Gasteiger partial charge on any atom is -0.396 e. The van der Waals surface area contributed by atoms with Crippen molar-refractivity contribution in [1.29, 1.82) is 5.41 Å². The smallest absolute Gasteiger partial charge is 0.247 e. The van der Waals surface area contributed by atoms with Gasteiger partial charge in [-0.05, 0) is 47.5 Å². The van der Waals surface area contributed by atoms with Crippen LogP contribution >= 0.6 is 15.9 Å². The van der Waals surface area contributed by atoms with Gasteiger partial charge in [-0.1, -0.05) is 13.3 Å². The summed E-state index contributed by atoms with van der Waals surface area (Å²) in [5, 5.41) is 11.5. The molecule has 1 amide bonds. The summed E-state index contributed by atoms with van der Waals surface area (Å²) < 4.78 is 0.908. The Labute approximate surface area is 163 Å². The highest BCUT2D eigenvalue weighted by atomic mass is 79.9. The van der Waals surface area contributed by atoms with Crippen LogP contribution in [0, 0.1) is 12.3 Å².